The molecule has 5 nitrogen and oxygen atoms in total. The molecule has 2 aromatic carbocycles. The van der Waals surface area contributed by atoms with E-state index in [0.717, 1.165) is 56.1 Å². The van der Waals surface area contributed by atoms with Gasteiger partial charge in [-0.1, -0.05) is 30.3 Å². The number of anilines is 2. The monoisotopic (exact) mass is 470 g/mol. The van der Waals surface area contributed by atoms with Crippen LogP contribution in [0.25, 0.3) is 10.9 Å². The highest BCUT2D eigenvalue weighted by Crippen LogP contribution is 2.33. The molecule has 2 aromatic heterocycles. The number of aromatic nitrogens is 1. The molecule has 0 saturated carbocycles. The molecule has 34 heavy (non-hydrogen) atoms. The second-order valence-electron chi connectivity index (χ2n) is 9.34. The van der Waals surface area contributed by atoms with Gasteiger partial charge in [-0.3, -0.25) is 9.69 Å². The second kappa shape index (κ2) is 9.28. The number of para-hydroxylation sites is 1. The summed E-state index contributed by atoms with van der Waals surface area (Å²) in [4.78, 5) is 25.2. The van der Waals surface area contributed by atoms with E-state index >= 15 is 0 Å². The number of nitrogens with one attached hydrogen (secondary N) is 1. The van der Waals surface area contributed by atoms with Crippen LogP contribution in [-0.2, 0) is 17.6 Å². The summed E-state index contributed by atoms with van der Waals surface area (Å²) in [6, 6.07) is 21.5. The molecule has 0 bridgehead atoms. The van der Waals surface area contributed by atoms with Crippen LogP contribution >= 0.6 is 11.3 Å². The maximum atomic E-state index is 13.5. The lowest BCUT2D eigenvalue weighted by Crippen LogP contribution is -2.54. The van der Waals surface area contributed by atoms with Crippen molar-refractivity contribution in [2.45, 2.75) is 25.3 Å². The second-order valence-corrected chi connectivity index (χ2v) is 10.4. The van der Waals surface area contributed by atoms with E-state index in [1.54, 1.807) is 11.3 Å². The molecule has 4 aromatic rings. The smallest absolute Gasteiger partial charge is 0.232 e. The summed E-state index contributed by atoms with van der Waals surface area (Å²) in [7, 11) is 0. The first kappa shape index (κ1) is 21.4. The van der Waals surface area contributed by atoms with Gasteiger partial charge in [-0.05, 0) is 54.1 Å². The average Bonchev–Trinajstić information content (AvgIpc) is 3.56. The van der Waals surface area contributed by atoms with Gasteiger partial charge in [0.05, 0.1) is 6.42 Å². The minimum Gasteiger partial charge on any atom is -0.368 e. The van der Waals surface area contributed by atoms with Crippen molar-refractivity contribution < 1.29 is 4.79 Å². The number of carbonyl (C=O) groups is 1. The van der Waals surface area contributed by atoms with Crippen molar-refractivity contribution in [1.82, 2.24) is 9.88 Å². The standard InChI is InChI=1S/C28H30N4OS/c33-28(19-23-6-4-18-34-23)32-22(11-10-21-5-1-2-8-26(21)32)20-30-14-16-31(17-15-30)27-9-3-7-25-24(27)12-13-29-25/h1-9,12-13,18,22,29H,10-11,14-17,19-20H2. The van der Waals surface area contributed by atoms with Gasteiger partial charge in [0.2, 0.25) is 5.91 Å². The Balaban J connectivity index is 1.17. The van der Waals surface area contributed by atoms with Gasteiger partial charge in [0, 0.05) is 72.1 Å². The molecule has 1 fully saturated rings. The lowest BCUT2D eigenvalue weighted by atomic mass is 9.94. The largest absolute Gasteiger partial charge is 0.368 e. The molecule has 1 saturated heterocycles. The number of piperazine rings is 1. The van der Waals surface area contributed by atoms with Gasteiger partial charge in [-0.15, -0.1) is 11.3 Å². The number of carbonyl (C=O) groups excluding carboxylic acids is 1. The number of hydrogen-bond acceptors (Lipinski definition) is 4. The van der Waals surface area contributed by atoms with E-state index in [1.807, 2.05) is 12.3 Å². The molecule has 4 heterocycles. The third-order valence-electron chi connectivity index (χ3n) is 7.29. The fourth-order valence-corrected chi connectivity index (χ4v) is 6.27. The molecule has 0 spiro atoms. The Morgan fingerprint density at radius 2 is 1.79 bits per heavy atom. The number of benzene rings is 2. The normalized spacial score (nSPS) is 18.9. The van der Waals surface area contributed by atoms with Gasteiger partial charge < -0.3 is 14.8 Å². The zero-order valence-electron chi connectivity index (χ0n) is 19.3. The van der Waals surface area contributed by atoms with Crippen LogP contribution in [0.1, 0.15) is 16.9 Å². The minimum atomic E-state index is 0.220. The van der Waals surface area contributed by atoms with Gasteiger partial charge >= 0.3 is 0 Å². The van der Waals surface area contributed by atoms with E-state index < -0.39 is 0 Å². The predicted molar refractivity (Wildman–Crippen MR) is 141 cm³/mol. The van der Waals surface area contributed by atoms with Gasteiger partial charge in [0.25, 0.3) is 0 Å². The van der Waals surface area contributed by atoms with Crippen LogP contribution in [0.5, 0.6) is 0 Å². The van der Waals surface area contributed by atoms with E-state index in [-0.39, 0.29) is 11.9 Å². The molecule has 174 valence electrons. The SMILES string of the molecule is O=C(Cc1cccs1)N1c2ccccc2CCC1CN1CCN(c2cccc3[nH]ccc23)CC1. The zero-order chi connectivity index (χ0) is 22.9. The highest BCUT2D eigenvalue weighted by atomic mass is 32.1. The number of nitrogens with zero attached hydrogens (tertiary/aromatic N) is 3. The quantitative estimate of drug-likeness (QED) is 0.449. The molecule has 6 rings (SSSR count). The molecule has 1 atom stereocenters. The maximum absolute atomic E-state index is 13.5. The number of fused-ring (bicyclic) bond motifs is 2. The van der Waals surface area contributed by atoms with Crippen molar-refractivity contribution in [1.29, 1.82) is 0 Å². The van der Waals surface area contributed by atoms with Crippen LogP contribution in [0.15, 0.2) is 72.2 Å². The summed E-state index contributed by atoms with van der Waals surface area (Å²) in [6.07, 6.45) is 4.57. The topological polar surface area (TPSA) is 42.6 Å². The fourth-order valence-electron chi connectivity index (χ4n) is 5.58. The van der Waals surface area contributed by atoms with Crippen LogP contribution in [0.4, 0.5) is 11.4 Å². The number of amides is 1. The van der Waals surface area contributed by atoms with E-state index in [0.29, 0.717) is 6.42 Å². The molecule has 1 unspecified atom stereocenters. The van der Waals surface area contributed by atoms with Crippen molar-refractivity contribution in [3.63, 3.8) is 0 Å². The molecule has 6 heteroatoms. The van der Waals surface area contributed by atoms with Crippen LogP contribution < -0.4 is 9.80 Å². The maximum Gasteiger partial charge on any atom is 0.232 e. The van der Waals surface area contributed by atoms with Gasteiger partial charge in [-0.25, -0.2) is 0 Å². The highest BCUT2D eigenvalue weighted by molar-refractivity contribution is 7.10. The molecule has 0 aliphatic carbocycles. The van der Waals surface area contributed by atoms with Crippen LogP contribution in [0.2, 0.25) is 0 Å². The first-order valence-electron chi connectivity index (χ1n) is 12.2. The van der Waals surface area contributed by atoms with Crippen molar-refractivity contribution in [3.05, 3.63) is 82.7 Å². The molecule has 2 aliphatic heterocycles. The van der Waals surface area contributed by atoms with E-state index in [9.17, 15) is 4.79 Å². The summed E-state index contributed by atoms with van der Waals surface area (Å²) in [6.45, 7) is 5.00. The van der Waals surface area contributed by atoms with E-state index in [2.05, 4.69) is 79.7 Å². The fraction of sp³-hybridized carbons (Fsp3) is 0.321. The number of thiophene rings is 1. The Kier molecular flexibility index (Phi) is 5.85. The van der Waals surface area contributed by atoms with Gasteiger partial charge in [-0.2, -0.15) is 0 Å². The molecule has 1 N–H and O–H groups in total. The highest BCUT2D eigenvalue weighted by Gasteiger charge is 2.33. The predicted octanol–water partition coefficient (Wildman–Crippen LogP) is 4.94. The molecular formula is C28H30N4OS. The van der Waals surface area contributed by atoms with Crippen molar-refractivity contribution in [2.24, 2.45) is 0 Å². The van der Waals surface area contributed by atoms with E-state index in [1.165, 1.54) is 22.2 Å². The summed E-state index contributed by atoms with van der Waals surface area (Å²) in [5.41, 5.74) is 4.92. The Bertz CT molecular complexity index is 1270. The lowest BCUT2D eigenvalue weighted by molar-refractivity contribution is -0.118. The molecule has 1 amide bonds. The molecule has 0 radical (unpaired) electrons. The summed E-state index contributed by atoms with van der Waals surface area (Å²) < 4.78 is 0. The summed E-state index contributed by atoms with van der Waals surface area (Å²) in [5.74, 6) is 0.220. The Hall–Kier alpha value is -3.09. The zero-order valence-corrected chi connectivity index (χ0v) is 20.1. The number of hydrogen-bond donors (Lipinski definition) is 1. The van der Waals surface area contributed by atoms with Crippen molar-refractivity contribution in [2.75, 3.05) is 42.5 Å². The average molecular weight is 471 g/mol. The number of rotatable bonds is 5. The first-order chi connectivity index (χ1) is 16.8. The van der Waals surface area contributed by atoms with Crippen molar-refractivity contribution in [3.8, 4) is 0 Å². The number of H-pyrrole nitrogens is 1. The number of aromatic amines is 1. The Morgan fingerprint density at radius 3 is 2.65 bits per heavy atom. The molecular weight excluding hydrogens is 440 g/mol. The first-order valence-corrected chi connectivity index (χ1v) is 13.1. The molecule has 2 aliphatic rings. The van der Waals surface area contributed by atoms with Crippen molar-refractivity contribution >= 4 is 39.5 Å². The van der Waals surface area contributed by atoms with E-state index in [4.69, 9.17) is 0 Å². The van der Waals surface area contributed by atoms with Crippen LogP contribution in [-0.4, -0.2) is 54.6 Å². The van der Waals surface area contributed by atoms with Gasteiger partial charge in [0.15, 0.2) is 0 Å². The summed E-state index contributed by atoms with van der Waals surface area (Å²) in [5, 5.41) is 3.35. The third kappa shape index (κ3) is 4.12. The minimum absolute atomic E-state index is 0.220. The van der Waals surface area contributed by atoms with Crippen LogP contribution in [0, 0.1) is 0 Å². The van der Waals surface area contributed by atoms with Crippen LogP contribution in [0.3, 0.4) is 0 Å². The Labute approximate surface area is 204 Å². The Morgan fingerprint density at radius 1 is 0.941 bits per heavy atom. The van der Waals surface area contributed by atoms with Gasteiger partial charge in [0.1, 0.15) is 0 Å². The summed E-state index contributed by atoms with van der Waals surface area (Å²) >= 11 is 1.67. The third-order valence-corrected chi connectivity index (χ3v) is 8.17. The lowest BCUT2D eigenvalue weighted by Gasteiger charge is -2.42. The number of aryl methyl sites for hydroxylation is 1.